The third-order valence-corrected chi connectivity index (χ3v) is 6.62. The van der Waals surface area contributed by atoms with Crippen LogP contribution in [0.3, 0.4) is 0 Å². The molecule has 0 aromatic heterocycles. The first-order valence-electron chi connectivity index (χ1n) is 11.1. The molecule has 8 heteroatoms. The molecule has 0 heterocycles. The maximum atomic E-state index is 13.5. The van der Waals surface area contributed by atoms with Crippen molar-refractivity contribution in [3.05, 3.63) is 64.7 Å². The Morgan fingerprint density at radius 1 is 1.00 bits per heavy atom. The van der Waals surface area contributed by atoms with Crippen molar-refractivity contribution >= 4 is 27.5 Å². The maximum absolute atomic E-state index is 13.5. The van der Waals surface area contributed by atoms with Crippen LogP contribution in [-0.4, -0.2) is 50.5 Å². The molecule has 1 atom stereocenters. The topological polar surface area (TPSA) is 86.8 Å². The lowest BCUT2D eigenvalue weighted by molar-refractivity contribution is -0.139. The van der Waals surface area contributed by atoms with E-state index in [2.05, 4.69) is 5.32 Å². The fraction of sp³-hybridized carbons (Fsp3) is 0.440. The van der Waals surface area contributed by atoms with E-state index in [1.807, 2.05) is 64.1 Å². The van der Waals surface area contributed by atoms with Gasteiger partial charge in [0.25, 0.3) is 0 Å². The molecule has 0 saturated heterocycles. The summed E-state index contributed by atoms with van der Waals surface area (Å²) in [5.74, 6) is -0.713. The van der Waals surface area contributed by atoms with Crippen LogP contribution < -0.4 is 9.62 Å². The van der Waals surface area contributed by atoms with Gasteiger partial charge in [-0.15, -0.1) is 0 Å². The highest BCUT2D eigenvalue weighted by atomic mass is 32.2. The van der Waals surface area contributed by atoms with Gasteiger partial charge >= 0.3 is 0 Å². The quantitative estimate of drug-likeness (QED) is 0.574. The average molecular weight is 474 g/mol. The number of amides is 2. The average Bonchev–Trinajstić information content (AvgIpc) is 2.74. The highest BCUT2D eigenvalue weighted by molar-refractivity contribution is 7.92. The van der Waals surface area contributed by atoms with Crippen LogP contribution in [0.2, 0.25) is 0 Å². The summed E-state index contributed by atoms with van der Waals surface area (Å²) in [7, 11) is -3.74. The predicted molar refractivity (Wildman–Crippen MR) is 133 cm³/mol. The lowest BCUT2D eigenvalue weighted by Gasteiger charge is -2.32. The van der Waals surface area contributed by atoms with Gasteiger partial charge in [-0.25, -0.2) is 8.42 Å². The summed E-state index contributed by atoms with van der Waals surface area (Å²) in [5.41, 5.74) is 4.16. The standard InChI is InChI=1S/C25H35N3O4S/c1-7-14-26-25(30)21(5)27(16-22-11-8-18(2)9-12-22)24(29)17-28(33(6,31)32)23-13-10-19(3)15-20(23)4/h8-13,15,21H,7,14,16-17H2,1-6H3,(H,26,30)/t21-/m1/s1. The number of nitrogens with one attached hydrogen (secondary N) is 1. The zero-order valence-electron chi connectivity index (χ0n) is 20.4. The van der Waals surface area contributed by atoms with Gasteiger partial charge in [0.15, 0.2) is 0 Å². The van der Waals surface area contributed by atoms with Crippen LogP contribution in [0.1, 0.15) is 42.5 Å². The van der Waals surface area contributed by atoms with Crippen molar-refractivity contribution < 1.29 is 18.0 Å². The van der Waals surface area contributed by atoms with Crippen molar-refractivity contribution in [1.29, 1.82) is 0 Å². The van der Waals surface area contributed by atoms with Crippen LogP contribution in [-0.2, 0) is 26.2 Å². The first-order chi connectivity index (χ1) is 15.4. The molecule has 7 nitrogen and oxygen atoms in total. The van der Waals surface area contributed by atoms with E-state index < -0.39 is 22.0 Å². The Kier molecular flexibility index (Phi) is 9.05. The fourth-order valence-electron chi connectivity index (χ4n) is 3.55. The van der Waals surface area contributed by atoms with Gasteiger partial charge in [0.2, 0.25) is 21.8 Å². The Morgan fingerprint density at radius 2 is 1.61 bits per heavy atom. The molecular weight excluding hydrogens is 438 g/mol. The highest BCUT2D eigenvalue weighted by Gasteiger charge is 2.30. The van der Waals surface area contributed by atoms with Crippen molar-refractivity contribution in [1.82, 2.24) is 10.2 Å². The number of benzene rings is 2. The number of rotatable bonds is 10. The molecule has 0 bridgehead atoms. The normalized spacial score (nSPS) is 12.2. The molecular formula is C25H35N3O4S. The first kappa shape index (κ1) is 26.4. The number of aryl methyl sites for hydroxylation is 3. The van der Waals surface area contributed by atoms with Gasteiger partial charge in [0.05, 0.1) is 11.9 Å². The summed E-state index contributed by atoms with van der Waals surface area (Å²) >= 11 is 0. The summed E-state index contributed by atoms with van der Waals surface area (Å²) in [4.78, 5) is 27.6. The molecule has 0 saturated carbocycles. The third kappa shape index (κ3) is 7.32. The molecule has 1 N–H and O–H groups in total. The Bertz CT molecular complexity index is 1080. The summed E-state index contributed by atoms with van der Waals surface area (Å²) < 4.78 is 26.4. The van der Waals surface area contributed by atoms with Crippen LogP contribution in [0.25, 0.3) is 0 Å². The van der Waals surface area contributed by atoms with E-state index in [0.29, 0.717) is 12.2 Å². The molecule has 2 aromatic carbocycles. The third-order valence-electron chi connectivity index (χ3n) is 5.49. The fourth-order valence-corrected chi connectivity index (χ4v) is 4.46. The Hall–Kier alpha value is -2.87. The Labute approximate surface area is 197 Å². The maximum Gasteiger partial charge on any atom is 0.244 e. The minimum atomic E-state index is -3.74. The number of carbonyl (C=O) groups is 2. The molecule has 33 heavy (non-hydrogen) atoms. The molecule has 0 unspecified atom stereocenters. The Balaban J connectivity index is 2.39. The molecule has 0 aliphatic carbocycles. The first-order valence-corrected chi connectivity index (χ1v) is 13.0. The molecule has 0 radical (unpaired) electrons. The summed E-state index contributed by atoms with van der Waals surface area (Å²) in [6, 6.07) is 12.3. The van der Waals surface area contributed by atoms with E-state index in [4.69, 9.17) is 0 Å². The molecule has 0 fully saturated rings. The van der Waals surface area contributed by atoms with Crippen molar-refractivity contribution in [3.8, 4) is 0 Å². The van der Waals surface area contributed by atoms with Gasteiger partial charge in [-0.1, -0.05) is 54.4 Å². The van der Waals surface area contributed by atoms with Crippen LogP contribution in [0.4, 0.5) is 5.69 Å². The monoisotopic (exact) mass is 473 g/mol. The number of anilines is 1. The van der Waals surface area contributed by atoms with Gasteiger partial charge in [-0.2, -0.15) is 0 Å². The minimum absolute atomic E-state index is 0.199. The Morgan fingerprint density at radius 3 is 2.15 bits per heavy atom. The summed E-state index contributed by atoms with van der Waals surface area (Å²) in [6.45, 7) is 9.65. The zero-order valence-corrected chi connectivity index (χ0v) is 21.2. The number of sulfonamides is 1. The van der Waals surface area contributed by atoms with Crippen LogP contribution in [0.5, 0.6) is 0 Å². The van der Waals surface area contributed by atoms with E-state index >= 15 is 0 Å². The van der Waals surface area contributed by atoms with Gasteiger partial charge < -0.3 is 10.2 Å². The largest absolute Gasteiger partial charge is 0.354 e. The summed E-state index contributed by atoms with van der Waals surface area (Å²) in [6.07, 6.45) is 1.86. The lowest BCUT2D eigenvalue weighted by atomic mass is 10.1. The molecule has 180 valence electrons. The van der Waals surface area contributed by atoms with E-state index in [9.17, 15) is 18.0 Å². The smallest absolute Gasteiger partial charge is 0.244 e. The number of nitrogens with zero attached hydrogens (tertiary/aromatic N) is 2. The second-order valence-corrected chi connectivity index (χ2v) is 10.4. The lowest BCUT2D eigenvalue weighted by Crippen LogP contribution is -2.51. The minimum Gasteiger partial charge on any atom is -0.354 e. The second-order valence-electron chi connectivity index (χ2n) is 8.53. The number of carbonyl (C=O) groups excluding carboxylic acids is 2. The van der Waals surface area contributed by atoms with Crippen molar-refractivity contribution in [2.45, 2.75) is 53.6 Å². The van der Waals surface area contributed by atoms with Crippen LogP contribution in [0.15, 0.2) is 42.5 Å². The van der Waals surface area contributed by atoms with Gasteiger partial charge in [-0.3, -0.25) is 13.9 Å². The number of hydrogen-bond acceptors (Lipinski definition) is 4. The van der Waals surface area contributed by atoms with E-state index in [1.165, 1.54) is 4.90 Å². The van der Waals surface area contributed by atoms with E-state index in [0.717, 1.165) is 39.2 Å². The molecule has 2 rings (SSSR count). The molecule has 2 amide bonds. The highest BCUT2D eigenvalue weighted by Crippen LogP contribution is 2.24. The SMILES string of the molecule is CCCNC(=O)[C@@H](C)N(Cc1ccc(C)cc1)C(=O)CN(c1ccc(C)cc1C)S(C)(=O)=O. The summed E-state index contributed by atoms with van der Waals surface area (Å²) in [5, 5.41) is 2.83. The molecule has 0 spiro atoms. The zero-order chi connectivity index (χ0) is 24.8. The van der Waals surface area contributed by atoms with Crippen molar-refractivity contribution in [2.24, 2.45) is 0 Å². The van der Waals surface area contributed by atoms with Crippen molar-refractivity contribution in [2.75, 3.05) is 23.7 Å². The second kappa shape index (κ2) is 11.3. The van der Waals surface area contributed by atoms with Crippen LogP contribution >= 0.6 is 0 Å². The van der Waals surface area contributed by atoms with Gasteiger partial charge in [0.1, 0.15) is 12.6 Å². The van der Waals surface area contributed by atoms with Crippen molar-refractivity contribution in [3.63, 3.8) is 0 Å². The molecule has 0 aliphatic rings. The van der Waals surface area contributed by atoms with E-state index in [-0.39, 0.29) is 19.0 Å². The number of hydrogen-bond donors (Lipinski definition) is 1. The predicted octanol–water partition coefficient (Wildman–Crippen LogP) is 3.32. The van der Waals surface area contributed by atoms with Crippen LogP contribution in [0, 0.1) is 20.8 Å². The molecule has 2 aromatic rings. The van der Waals surface area contributed by atoms with Gasteiger partial charge in [-0.05, 0) is 51.3 Å². The van der Waals surface area contributed by atoms with E-state index in [1.54, 1.807) is 13.0 Å². The molecule has 0 aliphatic heterocycles. The van der Waals surface area contributed by atoms with Gasteiger partial charge in [0, 0.05) is 13.1 Å².